The third-order valence-electron chi connectivity index (χ3n) is 3.80. The minimum absolute atomic E-state index is 0.212. The zero-order chi connectivity index (χ0) is 17.3. The van der Waals surface area contributed by atoms with Crippen molar-refractivity contribution in [3.63, 3.8) is 0 Å². The summed E-state index contributed by atoms with van der Waals surface area (Å²) < 4.78 is 3.64. The number of halogens is 2. The molecule has 0 aliphatic rings. The Morgan fingerprint density at radius 2 is 1.62 bits per heavy atom. The van der Waals surface area contributed by atoms with Crippen molar-refractivity contribution in [2.45, 2.75) is 6.54 Å². The Morgan fingerprint density at radius 3 is 2.25 bits per heavy atom. The monoisotopic (exact) mass is 404 g/mol. The van der Waals surface area contributed by atoms with Crippen molar-refractivity contribution in [2.75, 3.05) is 0 Å². The number of rotatable bonds is 3. The number of hydrogen-bond acceptors (Lipinski definition) is 2. The maximum atomic E-state index is 12.6. The van der Waals surface area contributed by atoms with Gasteiger partial charge in [-0.1, -0.05) is 51.8 Å². The van der Waals surface area contributed by atoms with Crippen LogP contribution in [0.2, 0.25) is 5.02 Å². The van der Waals surface area contributed by atoms with Gasteiger partial charge in [0.25, 0.3) is 5.56 Å². The standard InChI is InChI=1S/C18H14BrClN2O2/c1-21-16(13-4-6-14(19)7-5-13)10-17(23)22(18(21)24)11-12-2-8-15(20)9-3-12/h2-10H,11H2,1H3. The van der Waals surface area contributed by atoms with Gasteiger partial charge in [0.15, 0.2) is 0 Å². The molecule has 0 aliphatic carbocycles. The van der Waals surface area contributed by atoms with Crippen LogP contribution in [0.4, 0.5) is 0 Å². The molecule has 6 heteroatoms. The highest BCUT2D eigenvalue weighted by atomic mass is 79.9. The van der Waals surface area contributed by atoms with Gasteiger partial charge in [-0.25, -0.2) is 4.79 Å². The second kappa shape index (κ2) is 6.79. The first kappa shape index (κ1) is 16.7. The SMILES string of the molecule is Cn1c(-c2ccc(Br)cc2)cc(=O)n(Cc2ccc(Cl)cc2)c1=O. The van der Waals surface area contributed by atoms with Gasteiger partial charge in [-0.05, 0) is 35.4 Å². The van der Waals surface area contributed by atoms with Crippen LogP contribution in [0.3, 0.4) is 0 Å². The van der Waals surface area contributed by atoms with E-state index in [0.29, 0.717) is 10.7 Å². The summed E-state index contributed by atoms with van der Waals surface area (Å²) in [6.45, 7) is 0.212. The Morgan fingerprint density at radius 1 is 1.00 bits per heavy atom. The van der Waals surface area contributed by atoms with E-state index < -0.39 is 0 Å². The van der Waals surface area contributed by atoms with Gasteiger partial charge in [-0.3, -0.25) is 13.9 Å². The molecular weight excluding hydrogens is 392 g/mol. The third-order valence-corrected chi connectivity index (χ3v) is 4.58. The van der Waals surface area contributed by atoms with E-state index in [-0.39, 0.29) is 17.8 Å². The second-order valence-electron chi connectivity index (χ2n) is 5.43. The van der Waals surface area contributed by atoms with Crippen molar-refractivity contribution in [3.05, 3.63) is 90.5 Å². The van der Waals surface area contributed by atoms with Gasteiger partial charge in [-0.15, -0.1) is 0 Å². The highest BCUT2D eigenvalue weighted by Crippen LogP contribution is 2.19. The third kappa shape index (κ3) is 3.37. The Labute approximate surface area is 152 Å². The van der Waals surface area contributed by atoms with Crippen LogP contribution >= 0.6 is 27.5 Å². The fraction of sp³-hybridized carbons (Fsp3) is 0.111. The van der Waals surface area contributed by atoms with E-state index >= 15 is 0 Å². The van der Waals surface area contributed by atoms with Gasteiger partial charge in [0.1, 0.15) is 0 Å². The van der Waals surface area contributed by atoms with Crippen LogP contribution in [0.5, 0.6) is 0 Å². The Hall–Kier alpha value is -2.11. The molecule has 0 atom stereocenters. The lowest BCUT2D eigenvalue weighted by Gasteiger charge is -2.12. The highest BCUT2D eigenvalue weighted by Gasteiger charge is 2.11. The van der Waals surface area contributed by atoms with Crippen LogP contribution < -0.4 is 11.2 Å². The number of benzene rings is 2. The van der Waals surface area contributed by atoms with Crippen molar-refractivity contribution < 1.29 is 0 Å². The van der Waals surface area contributed by atoms with Gasteiger partial charge in [0.05, 0.1) is 12.2 Å². The summed E-state index contributed by atoms with van der Waals surface area (Å²) in [5, 5.41) is 0.615. The highest BCUT2D eigenvalue weighted by molar-refractivity contribution is 9.10. The Balaban J connectivity index is 2.06. The molecule has 3 rings (SSSR count). The topological polar surface area (TPSA) is 44.0 Å². The first-order valence-corrected chi connectivity index (χ1v) is 8.44. The average Bonchev–Trinajstić information content (AvgIpc) is 2.57. The molecule has 3 aromatic rings. The maximum Gasteiger partial charge on any atom is 0.331 e. The van der Waals surface area contributed by atoms with Crippen LogP contribution in [0.15, 0.2) is 68.7 Å². The number of hydrogen-bond donors (Lipinski definition) is 0. The fourth-order valence-electron chi connectivity index (χ4n) is 2.49. The van der Waals surface area contributed by atoms with Crippen LogP contribution in [0, 0.1) is 0 Å². The van der Waals surface area contributed by atoms with Crippen LogP contribution in [0.25, 0.3) is 11.3 Å². The van der Waals surface area contributed by atoms with E-state index in [2.05, 4.69) is 15.9 Å². The quantitative estimate of drug-likeness (QED) is 0.667. The summed E-state index contributed by atoms with van der Waals surface area (Å²) >= 11 is 9.24. The predicted molar refractivity (Wildman–Crippen MR) is 99.6 cm³/mol. The molecule has 0 aliphatic heterocycles. The molecular formula is C18H14BrClN2O2. The normalized spacial score (nSPS) is 10.8. The lowest BCUT2D eigenvalue weighted by Crippen LogP contribution is -2.39. The van der Waals surface area contributed by atoms with Gasteiger partial charge >= 0.3 is 5.69 Å². The van der Waals surface area contributed by atoms with Crippen LogP contribution in [-0.2, 0) is 13.6 Å². The summed E-state index contributed by atoms with van der Waals surface area (Å²) in [5.74, 6) is 0. The summed E-state index contributed by atoms with van der Waals surface area (Å²) in [6, 6.07) is 16.0. The van der Waals surface area contributed by atoms with Gasteiger partial charge in [0, 0.05) is 22.6 Å². The molecule has 122 valence electrons. The van der Waals surface area contributed by atoms with Crippen LogP contribution in [0.1, 0.15) is 5.56 Å². The van der Waals surface area contributed by atoms with Crippen molar-refractivity contribution in [1.29, 1.82) is 0 Å². The van der Waals surface area contributed by atoms with E-state index in [4.69, 9.17) is 11.6 Å². The second-order valence-corrected chi connectivity index (χ2v) is 6.78. The summed E-state index contributed by atoms with van der Waals surface area (Å²) in [5.41, 5.74) is 1.56. The Kier molecular flexibility index (Phi) is 4.73. The molecule has 0 spiro atoms. The molecule has 0 amide bonds. The Bertz CT molecular complexity index is 990. The van der Waals surface area contributed by atoms with Gasteiger partial charge in [0.2, 0.25) is 0 Å². The largest absolute Gasteiger partial charge is 0.331 e. The summed E-state index contributed by atoms with van der Waals surface area (Å²) in [6.07, 6.45) is 0. The first-order chi connectivity index (χ1) is 11.5. The van der Waals surface area contributed by atoms with E-state index in [1.54, 1.807) is 31.3 Å². The zero-order valence-electron chi connectivity index (χ0n) is 12.9. The molecule has 0 N–H and O–H groups in total. The number of aromatic nitrogens is 2. The van der Waals surface area contributed by atoms with Crippen molar-refractivity contribution in [3.8, 4) is 11.3 Å². The summed E-state index contributed by atoms with van der Waals surface area (Å²) in [7, 11) is 1.66. The van der Waals surface area contributed by atoms with E-state index in [0.717, 1.165) is 15.6 Å². The maximum absolute atomic E-state index is 12.6. The predicted octanol–water partition coefficient (Wildman–Crippen LogP) is 3.68. The molecule has 4 nitrogen and oxygen atoms in total. The molecule has 0 unspecified atom stereocenters. The molecule has 0 radical (unpaired) electrons. The van der Waals surface area contributed by atoms with Gasteiger partial charge in [-0.2, -0.15) is 0 Å². The molecule has 0 saturated heterocycles. The van der Waals surface area contributed by atoms with Crippen LogP contribution in [-0.4, -0.2) is 9.13 Å². The molecule has 0 bridgehead atoms. The molecule has 1 aromatic heterocycles. The molecule has 0 saturated carbocycles. The first-order valence-electron chi connectivity index (χ1n) is 7.27. The van der Waals surface area contributed by atoms with Crippen molar-refractivity contribution >= 4 is 27.5 Å². The van der Waals surface area contributed by atoms with Gasteiger partial charge < -0.3 is 0 Å². The van der Waals surface area contributed by atoms with Crippen molar-refractivity contribution in [1.82, 2.24) is 9.13 Å². The smallest absolute Gasteiger partial charge is 0.296 e. The summed E-state index contributed by atoms with van der Waals surface area (Å²) in [4.78, 5) is 25.1. The molecule has 2 aromatic carbocycles. The lowest BCUT2D eigenvalue weighted by molar-refractivity contribution is 0.644. The molecule has 24 heavy (non-hydrogen) atoms. The minimum Gasteiger partial charge on any atom is -0.296 e. The minimum atomic E-state index is -0.352. The lowest BCUT2D eigenvalue weighted by atomic mass is 10.1. The molecule has 1 heterocycles. The fourth-order valence-corrected chi connectivity index (χ4v) is 2.88. The number of nitrogens with zero attached hydrogens (tertiary/aromatic N) is 2. The average molecular weight is 406 g/mol. The van der Waals surface area contributed by atoms with E-state index in [9.17, 15) is 9.59 Å². The zero-order valence-corrected chi connectivity index (χ0v) is 15.2. The van der Waals surface area contributed by atoms with Crippen molar-refractivity contribution in [2.24, 2.45) is 7.05 Å². The van der Waals surface area contributed by atoms with E-state index in [1.165, 1.54) is 15.2 Å². The van der Waals surface area contributed by atoms with E-state index in [1.807, 2.05) is 24.3 Å². The molecule has 0 fully saturated rings.